The van der Waals surface area contributed by atoms with Gasteiger partial charge in [0.15, 0.2) is 0 Å². The summed E-state index contributed by atoms with van der Waals surface area (Å²) in [5.74, 6) is 0. The van der Waals surface area contributed by atoms with Gasteiger partial charge < -0.3 is 10.5 Å². The fraction of sp³-hybridized carbons (Fsp3) is 0.385. The molecular formula is C13H17NOS2. The molecule has 0 atom stereocenters. The third kappa shape index (κ3) is 3.64. The van der Waals surface area contributed by atoms with Gasteiger partial charge in [-0.05, 0) is 30.0 Å². The molecule has 0 aliphatic heterocycles. The Kier molecular flexibility index (Phi) is 4.74. The van der Waals surface area contributed by atoms with Gasteiger partial charge in [0, 0.05) is 27.6 Å². The molecule has 2 nitrogen and oxygen atoms in total. The third-order valence-corrected chi connectivity index (χ3v) is 4.65. The van der Waals surface area contributed by atoms with Crippen LogP contribution in [0.15, 0.2) is 23.6 Å². The number of ether oxygens (including phenoxy) is 1. The molecule has 2 heterocycles. The average molecular weight is 267 g/mol. The quantitative estimate of drug-likeness (QED) is 0.815. The maximum Gasteiger partial charge on any atom is 0.0727 e. The fourth-order valence-corrected chi connectivity index (χ4v) is 3.26. The van der Waals surface area contributed by atoms with E-state index in [4.69, 9.17) is 10.5 Å². The minimum absolute atomic E-state index is 0.626. The summed E-state index contributed by atoms with van der Waals surface area (Å²) in [5.41, 5.74) is 6.90. The summed E-state index contributed by atoms with van der Waals surface area (Å²) < 4.78 is 5.70. The van der Waals surface area contributed by atoms with Crippen LogP contribution in [0.2, 0.25) is 0 Å². The Bertz CT molecular complexity index is 448. The first-order valence-corrected chi connectivity index (χ1v) is 7.37. The minimum Gasteiger partial charge on any atom is -0.376 e. The largest absolute Gasteiger partial charge is 0.376 e. The summed E-state index contributed by atoms with van der Waals surface area (Å²) in [6.07, 6.45) is 1.00. The van der Waals surface area contributed by atoms with E-state index in [0.717, 1.165) is 13.0 Å². The maximum atomic E-state index is 5.70. The lowest BCUT2D eigenvalue weighted by Gasteiger charge is -2.02. The summed E-state index contributed by atoms with van der Waals surface area (Å²) in [6.45, 7) is 4.24. The van der Waals surface area contributed by atoms with Gasteiger partial charge in [-0.25, -0.2) is 0 Å². The average Bonchev–Trinajstić information content (AvgIpc) is 2.94. The number of rotatable bonds is 6. The Morgan fingerprint density at radius 1 is 1.35 bits per heavy atom. The summed E-state index contributed by atoms with van der Waals surface area (Å²) in [6, 6.07) is 6.39. The van der Waals surface area contributed by atoms with Crippen molar-refractivity contribution in [2.45, 2.75) is 26.5 Å². The van der Waals surface area contributed by atoms with E-state index in [1.807, 2.05) is 0 Å². The van der Waals surface area contributed by atoms with Crippen LogP contribution in [-0.2, 0) is 24.3 Å². The molecule has 0 aliphatic carbocycles. The van der Waals surface area contributed by atoms with Gasteiger partial charge in [0.25, 0.3) is 0 Å². The van der Waals surface area contributed by atoms with Crippen LogP contribution in [0, 0.1) is 6.92 Å². The van der Waals surface area contributed by atoms with Crippen LogP contribution in [-0.4, -0.2) is 6.61 Å². The molecule has 0 amide bonds. The van der Waals surface area contributed by atoms with E-state index in [2.05, 4.69) is 30.5 Å². The van der Waals surface area contributed by atoms with Gasteiger partial charge in [-0.3, -0.25) is 0 Å². The van der Waals surface area contributed by atoms with Gasteiger partial charge >= 0.3 is 0 Å². The van der Waals surface area contributed by atoms with Crippen LogP contribution in [0.5, 0.6) is 0 Å². The minimum atomic E-state index is 0.626. The van der Waals surface area contributed by atoms with Crippen LogP contribution in [0.1, 0.15) is 20.2 Å². The van der Waals surface area contributed by atoms with Gasteiger partial charge in [0.2, 0.25) is 0 Å². The van der Waals surface area contributed by atoms with E-state index >= 15 is 0 Å². The molecule has 0 radical (unpaired) electrons. The lowest BCUT2D eigenvalue weighted by Crippen LogP contribution is -1.98. The predicted molar refractivity (Wildman–Crippen MR) is 74.6 cm³/mol. The highest BCUT2D eigenvalue weighted by molar-refractivity contribution is 7.12. The van der Waals surface area contributed by atoms with Crippen molar-refractivity contribution < 1.29 is 4.74 Å². The molecule has 2 aromatic rings. The zero-order chi connectivity index (χ0) is 12.1. The first-order valence-electron chi connectivity index (χ1n) is 5.68. The predicted octanol–water partition coefficient (Wildman–Crippen LogP) is 3.34. The Morgan fingerprint density at radius 3 is 2.88 bits per heavy atom. The van der Waals surface area contributed by atoms with Gasteiger partial charge in [-0.15, -0.1) is 22.7 Å². The SMILES string of the molecule is Cc1sc(CN)cc1COCCc1cccs1. The van der Waals surface area contributed by atoms with Crippen molar-refractivity contribution in [1.29, 1.82) is 0 Å². The standard InChI is InChI=1S/C13H17NOS2/c1-10-11(7-13(8-14)17-10)9-15-5-4-12-3-2-6-16-12/h2-3,6-7H,4-5,8-9,14H2,1H3. The third-order valence-electron chi connectivity index (χ3n) is 2.60. The highest BCUT2D eigenvalue weighted by Gasteiger charge is 2.04. The summed E-state index contributed by atoms with van der Waals surface area (Å²) in [7, 11) is 0. The van der Waals surface area contributed by atoms with Gasteiger partial charge in [0.05, 0.1) is 13.2 Å². The van der Waals surface area contributed by atoms with Gasteiger partial charge in [0.1, 0.15) is 0 Å². The van der Waals surface area contributed by atoms with Crippen molar-refractivity contribution in [2.24, 2.45) is 5.73 Å². The molecule has 0 spiro atoms. The molecule has 0 saturated heterocycles. The second-order valence-corrected chi connectivity index (χ2v) is 6.25. The van der Waals surface area contributed by atoms with Crippen molar-refractivity contribution in [3.63, 3.8) is 0 Å². The highest BCUT2D eigenvalue weighted by atomic mass is 32.1. The second-order valence-electron chi connectivity index (χ2n) is 3.88. The lowest BCUT2D eigenvalue weighted by molar-refractivity contribution is 0.124. The van der Waals surface area contributed by atoms with Crippen molar-refractivity contribution >= 4 is 22.7 Å². The van der Waals surface area contributed by atoms with Crippen LogP contribution >= 0.6 is 22.7 Å². The van der Waals surface area contributed by atoms with Crippen LogP contribution in [0.4, 0.5) is 0 Å². The normalized spacial score (nSPS) is 10.9. The van der Waals surface area contributed by atoms with Crippen LogP contribution in [0.25, 0.3) is 0 Å². The Hall–Kier alpha value is -0.680. The second kappa shape index (κ2) is 6.31. The molecule has 0 aliphatic rings. The first-order chi connectivity index (χ1) is 8.29. The molecule has 0 bridgehead atoms. The topological polar surface area (TPSA) is 35.2 Å². The smallest absolute Gasteiger partial charge is 0.0727 e. The molecule has 0 aromatic carbocycles. The summed E-state index contributed by atoms with van der Waals surface area (Å²) in [4.78, 5) is 3.94. The van der Waals surface area contributed by atoms with Crippen LogP contribution < -0.4 is 5.73 Å². The summed E-state index contributed by atoms with van der Waals surface area (Å²) >= 11 is 3.55. The lowest BCUT2D eigenvalue weighted by atomic mass is 10.2. The van der Waals surface area contributed by atoms with Crippen molar-refractivity contribution in [3.05, 3.63) is 43.8 Å². The van der Waals surface area contributed by atoms with E-state index < -0.39 is 0 Å². The number of aryl methyl sites for hydroxylation is 1. The Labute approximate surface area is 110 Å². The van der Waals surface area contributed by atoms with Gasteiger partial charge in [-0.1, -0.05) is 6.07 Å². The van der Waals surface area contributed by atoms with E-state index in [1.165, 1.54) is 20.2 Å². The van der Waals surface area contributed by atoms with E-state index in [9.17, 15) is 0 Å². The Balaban J connectivity index is 1.76. The molecule has 2 rings (SSSR count). The number of nitrogens with two attached hydrogens (primary N) is 1. The van der Waals surface area contributed by atoms with E-state index in [0.29, 0.717) is 13.2 Å². The number of thiophene rings is 2. The van der Waals surface area contributed by atoms with Crippen molar-refractivity contribution in [1.82, 2.24) is 0 Å². The van der Waals surface area contributed by atoms with Gasteiger partial charge in [-0.2, -0.15) is 0 Å². The van der Waals surface area contributed by atoms with Crippen LogP contribution in [0.3, 0.4) is 0 Å². The van der Waals surface area contributed by atoms with E-state index in [-0.39, 0.29) is 0 Å². The molecule has 17 heavy (non-hydrogen) atoms. The molecule has 0 saturated carbocycles. The number of hydrogen-bond acceptors (Lipinski definition) is 4. The molecule has 4 heteroatoms. The molecule has 0 fully saturated rings. The molecular weight excluding hydrogens is 250 g/mol. The first kappa shape index (κ1) is 12.8. The monoisotopic (exact) mass is 267 g/mol. The molecule has 2 aromatic heterocycles. The molecule has 92 valence electrons. The summed E-state index contributed by atoms with van der Waals surface area (Å²) in [5, 5.41) is 2.10. The Morgan fingerprint density at radius 2 is 2.24 bits per heavy atom. The van der Waals surface area contributed by atoms with Crippen molar-refractivity contribution in [2.75, 3.05) is 6.61 Å². The molecule has 2 N–H and O–H groups in total. The zero-order valence-corrected chi connectivity index (χ0v) is 11.6. The molecule has 0 unspecified atom stereocenters. The highest BCUT2D eigenvalue weighted by Crippen LogP contribution is 2.21. The number of hydrogen-bond donors (Lipinski definition) is 1. The van der Waals surface area contributed by atoms with E-state index in [1.54, 1.807) is 22.7 Å². The maximum absolute atomic E-state index is 5.70. The fourth-order valence-electron chi connectivity index (χ4n) is 1.64. The zero-order valence-electron chi connectivity index (χ0n) is 9.94. The van der Waals surface area contributed by atoms with Crippen molar-refractivity contribution in [3.8, 4) is 0 Å².